The zero-order valence-electron chi connectivity index (χ0n) is 11.6. The lowest BCUT2D eigenvalue weighted by molar-refractivity contribution is -0.163. The van der Waals surface area contributed by atoms with Gasteiger partial charge in [0.15, 0.2) is 5.60 Å². The number of carbonyl (C=O) groups excluding carboxylic acids is 1. The Hall–Kier alpha value is -0.650. The highest BCUT2D eigenvalue weighted by molar-refractivity contribution is 5.78. The van der Waals surface area contributed by atoms with E-state index in [-0.39, 0.29) is 6.10 Å². The third kappa shape index (κ3) is 4.55. The van der Waals surface area contributed by atoms with Gasteiger partial charge in [0.2, 0.25) is 0 Å². The first-order chi connectivity index (χ1) is 8.49. The van der Waals surface area contributed by atoms with Gasteiger partial charge < -0.3 is 14.6 Å². The fourth-order valence-electron chi connectivity index (χ4n) is 2.30. The third-order valence-electron chi connectivity index (χ3n) is 3.18. The Labute approximate surface area is 109 Å². The minimum atomic E-state index is -1.44. The lowest BCUT2D eigenvalue weighted by Gasteiger charge is -2.35. The van der Waals surface area contributed by atoms with Crippen molar-refractivity contribution in [2.75, 3.05) is 33.4 Å². The van der Waals surface area contributed by atoms with Crippen LogP contribution in [0.4, 0.5) is 0 Å². The Bertz CT molecular complexity index is 268. The van der Waals surface area contributed by atoms with E-state index in [9.17, 15) is 9.90 Å². The van der Waals surface area contributed by atoms with E-state index < -0.39 is 11.6 Å². The van der Waals surface area contributed by atoms with Crippen molar-refractivity contribution in [1.82, 2.24) is 4.90 Å². The summed E-state index contributed by atoms with van der Waals surface area (Å²) in [5.41, 5.74) is -1.44. The molecule has 5 nitrogen and oxygen atoms in total. The number of aliphatic hydroxyl groups is 1. The lowest BCUT2D eigenvalue weighted by atomic mass is 10.0. The van der Waals surface area contributed by atoms with Crippen molar-refractivity contribution in [2.24, 2.45) is 0 Å². The Kier molecular flexibility index (Phi) is 6.05. The van der Waals surface area contributed by atoms with Crippen LogP contribution in [0.2, 0.25) is 0 Å². The number of carbonyl (C=O) groups is 1. The molecule has 0 aromatic heterocycles. The van der Waals surface area contributed by atoms with E-state index in [4.69, 9.17) is 4.74 Å². The van der Waals surface area contributed by atoms with Crippen LogP contribution in [-0.2, 0) is 14.3 Å². The van der Waals surface area contributed by atoms with Crippen LogP contribution in [0.1, 0.15) is 33.1 Å². The van der Waals surface area contributed by atoms with Gasteiger partial charge in [-0.05, 0) is 32.7 Å². The van der Waals surface area contributed by atoms with Crippen LogP contribution in [-0.4, -0.2) is 61.0 Å². The topological polar surface area (TPSA) is 59.0 Å². The fourth-order valence-corrected chi connectivity index (χ4v) is 2.30. The van der Waals surface area contributed by atoms with Crippen molar-refractivity contribution < 1.29 is 19.4 Å². The first kappa shape index (κ1) is 15.4. The highest BCUT2D eigenvalue weighted by atomic mass is 16.5. The van der Waals surface area contributed by atoms with E-state index in [1.54, 1.807) is 0 Å². The van der Waals surface area contributed by atoms with E-state index in [0.717, 1.165) is 39.0 Å². The molecule has 1 aliphatic heterocycles. The van der Waals surface area contributed by atoms with Gasteiger partial charge in [-0.15, -0.1) is 0 Å². The molecule has 2 atom stereocenters. The number of nitrogens with zero attached hydrogens (tertiary/aromatic N) is 1. The first-order valence-electron chi connectivity index (χ1n) is 6.64. The van der Waals surface area contributed by atoms with Crippen LogP contribution in [0.25, 0.3) is 0 Å². The van der Waals surface area contributed by atoms with E-state index >= 15 is 0 Å². The molecule has 0 aromatic rings. The molecule has 0 radical (unpaired) electrons. The molecule has 18 heavy (non-hydrogen) atoms. The predicted octanol–water partition coefficient (Wildman–Crippen LogP) is 0.801. The highest BCUT2D eigenvalue weighted by Gasteiger charge is 2.35. The van der Waals surface area contributed by atoms with Gasteiger partial charge in [0, 0.05) is 19.7 Å². The normalized spacial score (nSPS) is 24.6. The van der Waals surface area contributed by atoms with Gasteiger partial charge >= 0.3 is 5.97 Å². The quantitative estimate of drug-likeness (QED) is 0.715. The summed E-state index contributed by atoms with van der Waals surface area (Å²) in [6, 6.07) is 0. The summed E-state index contributed by atoms with van der Waals surface area (Å²) >= 11 is 0. The van der Waals surface area contributed by atoms with E-state index in [1.807, 2.05) is 0 Å². The minimum absolute atomic E-state index is 0.215. The fraction of sp³-hybridized carbons (Fsp3) is 0.923. The first-order valence-corrected chi connectivity index (χ1v) is 6.64. The maximum Gasteiger partial charge on any atom is 0.338 e. The SMILES string of the molecule is CCCOC1CCCN(CC(C)(O)C(=O)OC)C1. The van der Waals surface area contributed by atoms with Crippen LogP contribution in [0.5, 0.6) is 0 Å². The van der Waals surface area contributed by atoms with Gasteiger partial charge in [-0.2, -0.15) is 0 Å². The van der Waals surface area contributed by atoms with Gasteiger partial charge in [0.05, 0.1) is 13.2 Å². The standard InChI is InChI=1S/C13H25NO4/c1-4-8-18-11-6-5-7-14(9-11)10-13(2,16)12(15)17-3/h11,16H,4-10H2,1-3H3. The molecule has 0 saturated carbocycles. The lowest BCUT2D eigenvalue weighted by Crippen LogP contribution is -2.51. The summed E-state index contributed by atoms with van der Waals surface area (Å²) in [4.78, 5) is 13.5. The molecular formula is C13H25NO4. The van der Waals surface area contributed by atoms with E-state index in [0.29, 0.717) is 6.54 Å². The largest absolute Gasteiger partial charge is 0.467 e. The molecule has 1 saturated heterocycles. The van der Waals surface area contributed by atoms with Crippen molar-refractivity contribution in [3.63, 3.8) is 0 Å². The summed E-state index contributed by atoms with van der Waals surface area (Å²) in [6.07, 6.45) is 3.31. The average Bonchev–Trinajstić information content (AvgIpc) is 2.35. The van der Waals surface area contributed by atoms with Crippen molar-refractivity contribution in [3.05, 3.63) is 0 Å². The Balaban J connectivity index is 2.44. The number of hydrogen-bond acceptors (Lipinski definition) is 5. The maximum atomic E-state index is 11.4. The zero-order valence-corrected chi connectivity index (χ0v) is 11.6. The molecule has 0 spiro atoms. The van der Waals surface area contributed by atoms with Gasteiger partial charge in [0.25, 0.3) is 0 Å². The van der Waals surface area contributed by atoms with Gasteiger partial charge in [-0.1, -0.05) is 6.92 Å². The Morgan fingerprint density at radius 2 is 2.28 bits per heavy atom. The summed E-state index contributed by atoms with van der Waals surface area (Å²) in [6.45, 7) is 6.31. The third-order valence-corrected chi connectivity index (χ3v) is 3.18. The van der Waals surface area contributed by atoms with Crippen LogP contribution < -0.4 is 0 Å². The van der Waals surface area contributed by atoms with Gasteiger partial charge in [-0.25, -0.2) is 4.79 Å². The second-order valence-corrected chi connectivity index (χ2v) is 5.14. The summed E-state index contributed by atoms with van der Waals surface area (Å²) in [5.74, 6) is -0.584. The van der Waals surface area contributed by atoms with E-state index in [2.05, 4.69) is 16.6 Å². The second-order valence-electron chi connectivity index (χ2n) is 5.14. The molecule has 1 heterocycles. The van der Waals surface area contributed by atoms with Crippen LogP contribution in [0, 0.1) is 0 Å². The molecule has 1 fully saturated rings. The Morgan fingerprint density at radius 3 is 2.89 bits per heavy atom. The molecule has 0 bridgehead atoms. The average molecular weight is 259 g/mol. The molecule has 0 aromatic carbocycles. The highest BCUT2D eigenvalue weighted by Crippen LogP contribution is 2.17. The number of ether oxygens (including phenoxy) is 2. The molecule has 2 unspecified atom stereocenters. The number of likely N-dealkylation sites (tertiary alicyclic amines) is 1. The molecule has 1 rings (SSSR count). The predicted molar refractivity (Wildman–Crippen MR) is 68.3 cm³/mol. The number of β-amino-alcohol motifs (C(OH)–C–C–N with tert-alkyl or cyclic N) is 1. The van der Waals surface area contributed by atoms with Gasteiger partial charge in [0.1, 0.15) is 0 Å². The molecule has 5 heteroatoms. The van der Waals surface area contributed by atoms with Crippen LogP contribution >= 0.6 is 0 Å². The maximum absolute atomic E-state index is 11.4. The smallest absolute Gasteiger partial charge is 0.338 e. The number of rotatable bonds is 6. The number of piperidine rings is 1. The van der Waals surface area contributed by atoms with Crippen LogP contribution in [0.15, 0.2) is 0 Å². The number of hydrogen-bond donors (Lipinski definition) is 1. The second kappa shape index (κ2) is 7.07. The van der Waals surface area contributed by atoms with Gasteiger partial charge in [-0.3, -0.25) is 4.90 Å². The van der Waals surface area contributed by atoms with Crippen molar-refractivity contribution in [2.45, 2.75) is 44.8 Å². The number of methoxy groups -OCH3 is 1. The monoisotopic (exact) mass is 259 g/mol. The molecule has 0 aliphatic carbocycles. The van der Waals surface area contributed by atoms with Crippen molar-refractivity contribution >= 4 is 5.97 Å². The molecule has 1 aliphatic rings. The minimum Gasteiger partial charge on any atom is -0.467 e. The summed E-state index contributed by atoms with van der Waals surface area (Å²) in [5, 5.41) is 10.0. The molecule has 0 amide bonds. The molecule has 1 N–H and O–H groups in total. The zero-order chi connectivity index (χ0) is 13.6. The Morgan fingerprint density at radius 1 is 1.56 bits per heavy atom. The van der Waals surface area contributed by atoms with Crippen molar-refractivity contribution in [3.8, 4) is 0 Å². The van der Waals surface area contributed by atoms with E-state index in [1.165, 1.54) is 14.0 Å². The molecular weight excluding hydrogens is 234 g/mol. The van der Waals surface area contributed by atoms with Crippen LogP contribution in [0.3, 0.4) is 0 Å². The number of esters is 1. The van der Waals surface area contributed by atoms with Crippen molar-refractivity contribution in [1.29, 1.82) is 0 Å². The molecule has 106 valence electrons. The summed E-state index contributed by atoms with van der Waals surface area (Å²) in [7, 11) is 1.29. The summed E-state index contributed by atoms with van der Waals surface area (Å²) < 4.78 is 10.3.